The van der Waals surface area contributed by atoms with E-state index in [1.165, 1.54) is 17.3 Å². The number of aryl methyl sites for hydroxylation is 1. The molecule has 0 radical (unpaired) electrons. The number of fused-ring (bicyclic) bond motifs is 1. The van der Waals surface area contributed by atoms with Crippen LogP contribution >= 0.6 is 0 Å². The third-order valence-electron chi connectivity index (χ3n) is 4.29. The van der Waals surface area contributed by atoms with Gasteiger partial charge in [0.15, 0.2) is 0 Å². The maximum Gasteiger partial charge on any atom is 0.433 e. The molecular formula is C15H17F3N4O2S. The average Bonchev–Trinajstić information content (AvgIpc) is 2.97. The average molecular weight is 374 g/mol. The van der Waals surface area contributed by atoms with E-state index in [4.69, 9.17) is 0 Å². The zero-order valence-electron chi connectivity index (χ0n) is 13.7. The van der Waals surface area contributed by atoms with Crippen molar-refractivity contribution in [3.8, 4) is 11.3 Å². The maximum atomic E-state index is 12.8. The summed E-state index contributed by atoms with van der Waals surface area (Å²) in [5.74, 6) is -0.00359. The number of alkyl halides is 3. The number of nitrogens with one attached hydrogen (secondary N) is 1. The van der Waals surface area contributed by atoms with E-state index in [2.05, 4.69) is 15.2 Å². The molecule has 25 heavy (non-hydrogen) atoms. The molecule has 1 aliphatic rings. The molecule has 0 saturated carbocycles. The molecule has 136 valence electrons. The lowest BCUT2D eigenvalue weighted by Crippen LogP contribution is -2.36. The van der Waals surface area contributed by atoms with Gasteiger partial charge in [0.05, 0.1) is 11.4 Å². The molecule has 2 aromatic heterocycles. The number of H-pyrrole nitrogens is 1. The summed E-state index contributed by atoms with van der Waals surface area (Å²) in [6.45, 7) is 3.56. The van der Waals surface area contributed by atoms with Crippen LogP contribution in [-0.4, -0.2) is 40.2 Å². The molecule has 3 heterocycles. The highest BCUT2D eigenvalue weighted by Crippen LogP contribution is 2.33. The number of halogens is 3. The minimum atomic E-state index is -4.51. The number of sulfonamides is 1. The van der Waals surface area contributed by atoms with Gasteiger partial charge in [-0.2, -0.15) is 22.6 Å². The molecule has 0 amide bonds. The van der Waals surface area contributed by atoms with Gasteiger partial charge in [0.1, 0.15) is 5.69 Å². The summed E-state index contributed by atoms with van der Waals surface area (Å²) in [4.78, 5) is 3.62. The molecule has 0 aromatic carbocycles. The number of nitrogens with zero attached hydrogens (tertiary/aromatic N) is 3. The molecule has 1 aliphatic heterocycles. The summed E-state index contributed by atoms with van der Waals surface area (Å²) in [6, 6.07) is 2.24. The summed E-state index contributed by atoms with van der Waals surface area (Å²) in [6.07, 6.45) is -4.03. The summed E-state index contributed by atoms with van der Waals surface area (Å²) >= 11 is 0. The molecule has 2 aromatic rings. The third-order valence-corrected chi connectivity index (χ3v) is 6.12. The van der Waals surface area contributed by atoms with E-state index >= 15 is 0 Å². The second kappa shape index (κ2) is 6.10. The van der Waals surface area contributed by atoms with E-state index in [1.54, 1.807) is 6.92 Å². The van der Waals surface area contributed by atoms with E-state index in [0.717, 1.165) is 11.8 Å². The summed E-state index contributed by atoms with van der Waals surface area (Å²) in [5.41, 5.74) is 1.63. The third kappa shape index (κ3) is 3.28. The Morgan fingerprint density at radius 2 is 2.04 bits per heavy atom. The standard InChI is InChI=1S/C15H17F3N4O2S/c1-3-25(23,24)22-7-6-12-11(8-22)14(21-20-12)10-4-5-13(15(16,17)18)19-9(10)2/h4-5H,3,6-8H2,1-2H3,(H,20,21). The van der Waals surface area contributed by atoms with Gasteiger partial charge in [-0.3, -0.25) is 5.10 Å². The second-order valence-corrected chi connectivity index (χ2v) is 8.10. The molecule has 0 fully saturated rings. The quantitative estimate of drug-likeness (QED) is 0.895. The Labute approximate surface area is 143 Å². The van der Waals surface area contributed by atoms with Gasteiger partial charge in [-0.25, -0.2) is 13.4 Å². The Kier molecular flexibility index (Phi) is 4.36. The second-order valence-electron chi connectivity index (χ2n) is 5.84. The molecule has 0 aliphatic carbocycles. The highest BCUT2D eigenvalue weighted by molar-refractivity contribution is 7.89. The summed E-state index contributed by atoms with van der Waals surface area (Å²) < 4.78 is 63.9. The largest absolute Gasteiger partial charge is 0.433 e. The smallest absolute Gasteiger partial charge is 0.282 e. The molecule has 10 heteroatoms. The zero-order valence-corrected chi connectivity index (χ0v) is 14.5. The van der Waals surface area contributed by atoms with Crippen molar-refractivity contribution in [3.63, 3.8) is 0 Å². The number of aromatic nitrogens is 3. The lowest BCUT2D eigenvalue weighted by molar-refractivity contribution is -0.141. The van der Waals surface area contributed by atoms with Crippen LogP contribution in [0.3, 0.4) is 0 Å². The van der Waals surface area contributed by atoms with Gasteiger partial charge in [0, 0.05) is 42.0 Å². The SMILES string of the molecule is CCS(=O)(=O)N1CCc2[nH]nc(-c3ccc(C(F)(F)F)nc3C)c2C1. The molecule has 0 bridgehead atoms. The van der Waals surface area contributed by atoms with Crippen LogP contribution in [0.1, 0.15) is 29.6 Å². The molecule has 6 nitrogen and oxygen atoms in total. The Balaban J connectivity index is 2.01. The summed E-state index contributed by atoms with van der Waals surface area (Å²) in [7, 11) is -3.35. The molecular weight excluding hydrogens is 357 g/mol. The monoisotopic (exact) mass is 374 g/mol. The van der Waals surface area contributed by atoms with Crippen LogP contribution in [0.2, 0.25) is 0 Å². The number of pyridine rings is 1. The van der Waals surface area contributed by atoms with Gasteiger partial charge in [-0.15, -0.1) is 0 Å². The number of rotatable bonds is 3. The first-order valence-corrected chi connectivity index (χ1v) is 9.33. The van der Waals surface area contributed by atoms with Crippen LogP contribution in [0, 0.1) is 6.92 Å². The van der Waals surface area contributed by atoms with E-state index in [-0.39, 0.29) is 18.0 Å². The summed E-state index contributed by atoms with van der Waals surface area (Å²) in [5, 5.41) is 7.06. The van der Waals surface area contributed by atoms with Gasteiger partial charge in [0.2, 0.25) is 10.0 Å². The highest BCUT2D eigenvalue weighted by Gasteiger charge is 2.34. The number of hydrogen-bond acceptors (Lipinski definition) is 4. The fraction of sp³-hybridized carbons (Fsp3) is 0.467. The van der Waals surface area contributed by atoms with Crippen LogP contribution < -0.4 is 0 Å². The van der Waals surface area contributed by atoms with Crippen LogP contribution in [-0.2, 0) is 29.2 Å². The predicted molar refractivity (Wildman–Crippen MR) is 85.1 cm³/mol. The van der Waals surface area contributed by atoms with E-state index in [0.29, 0.717) is 29.8 Å². The minimum absolute atomic E-state index is 0.00359. The van der Waals surface area contributed by atoms with Crippen molar-refractivity contribution < 1.29 is 21.6 Å². The van der Waals surface area contributed by atoms with Crippen LogP contribution in [0.25, 0.3) is 11.3 Å². The van der Waals surface area contributed by atoms with Gasteiger partial charge < -0.3 is 0 Å². The Morgan fingerprint density at radius 3 is 2.64 bits per heavy atom. The number of hydrogen-bond donors (Lipinski definition) is 1. The van der Waals surface area contributed by atoms with Crippen molar-refractivity contribution in [1.29, 1.82) is 0 Å². The topological polar surface area (TPSA) is 79.0 Å². The van der Waals surface area contributed by atoms with Crippen molar-refractivity contribution >= 4 is 10.0 Å². The van der Waals surface area contributed by atoms with Crippen molar-refractivity contribution in [1.82, 2.24) is 19.5 Å². The minimum Gasteiger partial charge on any atom is -0.282 e. The Hall–Kier alpha value is -1.94. The van der Waals surface area contributed by atoms with E-state index < -0.39 is 21.9 Å². The van der Waals surface area contributed by atoms with Crippen molar-refractivity contribution in [2.45, 2.75) is 33.0 Å². The van der Waals surface area contributed by atoms with Crippen LogP contribution in [0.4, 0.5) is 13.2 Å². The van der Waals surface area contributed by atoms with E-state index in [1.807, 2.05) is 0 Å². The van der Waals surface area contributed by atoms with Crippen LogP contribution in [0.15, 0.2) is 12.1 Å². The molecule has 1 N–H and O–H groups in total. The Morgan fingerprint density at radius 1 is 1.32 bits per heavy atom. The molecule has 0 saturated heterocycles. The fourth-order valence-electron chi connectivity index (χ4n) is 2.88. The highest BCUT2D eigenvalue weighted by atomic mass is 32.2. The maximum absolute atomic E-state index is 12.8. The van der Waals surface area contributed by atoms with Crippen LogP contribution in [0.5, 0.6) is 0 Å². The van der Waals surface area contributed by atoms with E-state index in [9.17, 15) is 21.6 Å². The Bertz CT molecular complexity index is 906. The number of aromatic amines is 1. The van der Waals surface area contributed by atoms with Gasteiger partial charge >= 0.3 is 6.18 Å². The predicted octanol–water partition coefficient (Wildman–Crippen LogP) is 2.51. The lowest BCUT2D eigenvalue weighted by atomic mass is 10.0. The molecule has 3 rings (SSSR count). The van der Waals surface area contributed by atoms with Gasteiger partial charge in [0.25, 0.3) is 0 Å². The lowest BCUT2D eigenvalue weighted by Gasteiger charge is -2.26. The first-order chi connectivity index (χ1) is 11.6. The zero-order chi connectivity index (χ0) is 18.4. The van der Waals surface area contributed by atoms with Crippen molar-refractivity contribution in [3.05, 3.63) is 34.8 Å². The van der Waals surface area contributed by atoms with Crippen molar-refractivity contribution in [2.24, 2.45) is 0 Å². The normalized spacial score (nSPS) is 16.0. The first kappa shape index (κ1) is 17.9. The first-order valence-electron chi connectivity index (χ1n) is 7.72. The molecule has 0 unspecified atom stereocenters. The van der Waals surface area contributed by atoms with Gasteiger partial charge in [-0.1, -0.05) is 0 Å². The van der Waals surface area contributed by atoms with Crippen molar-refractivity contribution in [2.75, 3.05) is 12.3 Å². The molecule has 0 spiro atoms. The molecule has 0 atom stereocenters. The van der Waals surface area contributed by atoms with Gasteiger partial charge in [-0.05, 0) is 26.0 Å². The fourth-order valence-corrected chi connectivity index (χ4v) is 3.94.